The molecule has 0 bridgehead atoms. The van der Waals surface area contributed by atoms with E-state index in [0.29, 0.717) is 5.57 Å². The summed E-state index contributed by atoms with van der Waals surface area (Å²) in [5, 5.41) is 0. The van der Waals surface area contributed by atoms with Gasteiger partial charge in [-0.25, -0.2) is 4.39 Å². The molecule has 7 heteroatoms. The Kier molecular flexibility index (Phi) is 3.09. The molecule has 0 spiro atoms. The highest BCUT2D eigenvalue weighted by Gasteiger charge is 2.26. The smallest absolute Gasteiger partial charge is 0.344 e. The number of nitrogens with zero attached hydrogens (tertiary/aromatic N) is 1. The molecule has 0 saturated heterocycles. The second kappa shape index (κ2) is 4.34. The van der Waals surface area contributed by atoms with E-state index >= 15 is 0 Å². The van der Waals surface area contributed by atoms with Crippen LogP contribution in [0.1, 0.15) is 31.9 Å². The molecular weight excluding hydrogens is 269 g/mol. The third kappa shape index (κ3) is 2.33. The SMILES string of the molecule is CC(C)=C(C)c1c(F)ccc2c1C(N)=NS(=O)(=O)N2. The predicted octanol–water partition coefficient (Wildman–Crippen LogP) is 2.01. The first-order valence-electron chi connectivity index (χ1n) is 5.58. The zero-order valence-corrected chi connectivity index (χ0v) is 11.6. The summed E-state index contributed by atoms with van der Waals surface area (Å²) in [5.41, 5.74) is 8.09. The quantitative estimate of drug-likeness (QED) is 0.826. The fraction of sp³-hybridized carbons (Fsp3) is 0.250. The van der Waals surface area contributed by atoms with Gasteiger partial charge in [-0.15, -0.1) is 4.40 Å². The Balaban J connectivity index is 2.84. The summed E-state index contributed by atoms with van der Waals surface area (Å²) in [6.07, 6.45) is 0. The van der Waals surface area contributed by atoms with Gasteiger partial charge in [0.05, 0.1) is 11.3 Å². The highest BCUT2D eigenvalue weighted by molar-refractivity contribution is 7.91. The lowest BCUT2D eigenvalue weighted by Crippen LogP contribution is -2.28. The summed E-state index contributed by atoms with van der Waals surface area (Å²) in [6, 6.07) is 2.55. The summed E-state index contributed by atoms with van der Waals surface area (Å²) in [4.78, 5) is 0. The van der Waals surface area contributed by atoms with Gasteiger partial charge < -0.3 is 5.73 Å². The number of benzene rings is 1. The first-order chi connectivity index (χ1) is 8.73. The third-order valence-electron chi connectivity index (χ3n) is 2.99. The normalized spacial score (nSPS) is 16.1. The fourth-order valence-corrected chi connectivity index (χ4v) is 2.73. The van der Waals surface area contributed by atoms with Crippen LogP contribution in [0.3, 0.4) is 0 Å². The number of hydrogen-bond acceptors (Lipinski definition) is 3. The first kappa shape index (κ1) is 13.5. The monoisotopic (exact) mass is 283 g/mol. The van der Waals surface area contributed by atoms with Crippen molar-refractivity contribution in [1.82, 2.24) is 0 Å². The Hall–Kier alpha value is -1.89. The minimum Gasteiger partial charge on any atom is -0.382 e. The molecule has 3 N–H and O–H groups in total. The van der Waals surface area contributed by atoms with Crippen molar-refractivity contribution in [3.63, 3.8) is 0 Å². The third-order valence-corrected chi connectivity index (χ3v) is 3.91. The summed E-state index contributed by atoms with van der Waals surface area (Å²) < 4.78 is 42.5. The van der Waals surface area contributed by atoms with E-state index in [4.69, 9.17) is 5.73 Å². The Morgan fingerprint density at radius 2 is 1.95 bits per heavy atom. The van der Waals surface area contributed by atoms with Crippen molar-refractivity contribution in [2.75, 3.05) is 4.72 Å². The standard InChI is InChI=1S/C12H14FN3O2S/c1-6(2)7(3)10-8(13)4-5-9-11(10)12(14)16-19(17,18)15-9/h4-5,15H,1-3H3,(H2,14,16). The molecule has 1 aliphatic rings. The van der Waals surface area contributed by atoms with Gasteiger partial charge in [0.15, 0.2) is 0 Å². The van der Waals surface area contributed by atoms with Crippen LogP contribution in [0.4, 0.5) is 10.1 Å². The molecule has 0 atom stereocenters. The van der Waals surface area contributed by atoms with E-state index in [1.54, 1.807) is 6.92 Å². The molecule has 0 saturated carbocycles. The van der Waals surface area contributed by atoms with Crippen LogP contribution in [0.2, 0.25) is 0 Å². The molecule has 0 unspecified atom stereocenters. The molecule has 0 radical (unpaired) electrons. The van der Waals surface area contributed by atoms with Gasteiger partial charge in [0.2, 0.25) is 0 Å². The van der Waals surface area contributed by atoms with E-state index in [1.807, 2.05) is 13.8 Å². The number of nitrogens with two attached hydrogens (primary N) is 1. The molecule has 0 aliphatic carbocycles. The number of halogens is 1. The van der Waals surface area contributed by atoms with Crippen molar-refractivity contribution in [3.05, 3.63) is 34.6 Å². The molecule has 0 fully saturated rings. The van der Waals surface area contributed by atoms with Crippen molar-refractivity contribution >= 4 is 27.3 Å². The van der Waals surface area contributed by atoms with Gasteiger partial charge in [-0.3, -0.25) is 4.72 Å². The second-order valence-electron chi connectivity index (χ2n) is 4.52. The maximum atomic E-state index is 14.0. The minimum atomic E-state index is -3.85. The van der Waals surface area contributed by atoms with Gasteiger partial charge in [-0.2, -0.15) is 8.42 Å². The molecule has 5 nitrogen and oxygen atoms in total. The Bertz CT molecular complexity index is 717. The molecule has 2 rings (SSSR count). The van der Waals surface area contributed by atoms with Crippen LogP contribution in [0.15, 0.2) is 22.1 Å². The molecule has 0 amide bonds. The van der Waals surface area contributed by atoms with Crippen LogP contribution in [0.5, 0.6) is 0 Å². The summed E-state index contributed by atoms with van der Waals surface area (Å²) >= 11 is 0. The lowest BCUT2D eigenvalue weighted by Gasteiger charge is -2.20. The van der Waals surface area contributed by atoms with Gasteiger partial charge in [0, 0.05) is 5.56 Å². The number of nitrogens with one attached hydrogen (secondary N) is 1. The first-order valence-corrected chi connectivity index (χ1v) is 7.02. The number of hydrogen-bond donors (Lipinski definition) is 2. The molecule has 1 aromatic rings. The van der Waals surface area contributed by atoms with E-state index in [2.05, 4.69) is 9.12 Å². The molecule has 19 heavy (non-hydrogen) atoms. The maximum Gasteiger partial charge on any atom is 0.344 e. The van der Waals surface area contributed by atoms with Gasteiger partial charge in [0.1, 0.15) is 11.7 Å². The lowest BCUT2D eigenvalue weighted by atomic mass is 9.95. The average Bonchev–Trinajstić information content (AvgIpc) is 2.27. The molecule has 1 heterocycles. The van der Waals surface area contributed by atoms with Gasteiger partial charge in [-0.05, 0) is 38.5 Å². The number of allylic oxidation sites excluding steroid dienone is 2. The van der Waals surface area contributed by atoms with E-state index in [0.717, 1.165) is 5.57 Å². The zero-order valence-electron chi connectivity index (χ0n) is 10.8. The van der Waals surface area contributed by atoms with Gasteiger partial charge >= 0.3 is 10.2 Å². The van der Waals surface area contributed by atoms with E-state index < -0.39 is 16.0 Å². The van der Waals surface area contributed by atoms with Crippen LogP contribution in [-0.4, -0.2) is 14.3 Å². The predicted molar refractivity (Wildman–Crippen MR) is 73.6 cm³/mol. The minimum absolute atomic E-state index is 0.205. The van der Waals surface area contributed by atoms with Crippen LogP contribution in [0, 0.1) is 5.82 Å². The van der Waals surface area contributed by atoms with E-state index in [1.165, 1.54) is 12.1 Å². The zero-order chi connectivity index (χ0) is 14.4. The highest BCUT2D eigenvalue weighted by Crippen LogP contribution is 2.32. The summed E-state index contributed by atoms with van der Waals surface area (Å²) in [6.45, 7) is 5.44. The van der Waals surface area contributed by atoms with E-state index in [-0.39, 0.29) is 22.6 Å². The number of rotatable bonds is 1. The van der Waals surface area contributed by atoms with Crippen LogP contribution >= 0.6 is 0 Å². The van der Waals surface area contributed by atoms with Crippen molar-refractivity contribution in [3.8, 4) is 0 Å². The Morgan fingerprint density at radius 3 is 2.53 bits per heavy atom. The van der Waals surface area contributed by atoms with E-state index in [9.17, 15) is 12.8 Å². The Morgan fingerprint density at radius 1 is 1.32 bits per heavy atom. The van der Waals surface area contributed by atoms with Gasteiger partial charge in [0.25, 0.3) is 0 Å². The van der Waals surface area contributed by atoms with Crippen LogP contribution < -0.4 is 10.5 Å². The molecule has 1 aromatic carbocycles. The van der Waals surface area contributed by atoms with Crippen molar-refractivity contribution in [2.45, 2.75) is 20.8 Å². The van der Waals surface area contributed by atoms with Crippen molar-refractivity contribution in [1.29, 1.82) is 0 Å². The number of amidine groups is 1. The van der Waals surface area contributed by atoms with Gasteiger partial charge in [-0.1, -0.05) is 5.57 Å². The average molecular weight is 283 g/mol. The lowest BCUT2D eigenvalue weighted by molar-refractivity contribution is 0.602. The van der Waals surface area contributed by atoms with Crippen molar-refractivity contribution in [2.24, 2.45) is 10.1 Å². The van der Waals surface area contributed by atoms with Crippen molar-refractivity contribution < 1.29 is 12.8 Å². The highest BCUT2D eigenvalue weighted by atomic mass is 32.2. The number of fused-ring (bicyclic) bond motifs is 1. The van der Waals surface area contributed by atoms with Crippen LogP contribution in [0.25, 0.3) is 5.57 Å². The Labute approximate surface area is 111 Å². The summed E-state index contributed by atoms with van der Waals surface area (Å²) in [5.74, 6) is -0.666. The molecule has 102 valence electrons. The topological polar surface area (TPSA) is 84.5 Å². The molecular formula is C12H14FN3O2S. The largest absolute Gasteiger partial charge is 0.382 e. The number of anilines is 1. The van der Waals surface area contributed by atoms with Crippen LogP contribution in [-0.2, 0) is 10.2 Å². The second-order valence-corrected chi connectivity index (χ2v) is 5.86. The fourth-order valence-electron chi connectivity index (χ4n) is 1.88. The molecule has 1 aliphatic heterocycles. The maximum absolute atomic E-state index is 14.0. The molecule has 0 aromatic heterocycles. The summed E-state index contributed by atoms with van der Waals surface area (Å²) in [7, 11) is -3.85.